The second kappa shape index (κ2) is 10.0. The van der Waals surface area contributed by atoms with E-state index in [0.717, 1.165) is 50.0 Å². The summed E-state index contributed by atoms with van der Waals surface area (Å²) < 4.78 is 11.9. The molecule has 5 rings (SSSR count). The fraction of sp³-hybridized carbons (Fsp3) is 0.654. The van der Waals surface area contributed by atoms with Crippen molar-refractivity contribution in [1.29, 1.82) is 0 Å². The molecule has 3 fully saturated rings. The maximum atomic E-state index is 12.9. The van der Waals surface area contributed by atoms with Crippen LogP contribution in [0.25, 0.3) is 0 Å². The van der Waals surface area contributed by atoms with Crippen molar-refractivity contribution in [3.63, 3.8) is 0 Å². The first kappa shape index (κ1) is 23.3. The molecule has 2 aliphatic carbocycles. The van der Waals surface area contributed by atoms with Crippen LogP contribution in [0, 0.1) is 5.92 Å². The van der Waals surface area contributed by atoms with Crippen molar-refractivity contribution in [2.45, 2.75) is 88.6 Å². The van der Waals surface area contributed by atoms with Crippen LogP contribution in [-0.4, -0.2) is 60.6 Å². The van der Waals surface area contributed by atoms with E-state index < -0.39 is 6.04 Å². The van der Waals surface area contributed by atoms with Gasteiger partial charge in [0, 0.05) is 31.7 Å². The third-order valence-corrected chi connectivity index (χ3v) is 8.03. The lowest BCUT2D eigenvalue weighted by atomic mass is 9.87. The van der Waals surface area contributed by atoms with E-state index in [1.54, 1.807) is 4.90 Å². The summed E-state index contributed by atoms with van der Waals surface area (Å²) >= 11 is 0. The highest BCUT2D eigenvalue weighted by molar-refractivity contribution is 6.05. The van der Waals surface area contributed by atoms with Gasteiger partial charge in [-0.15, -0.1) is 0 Å². The highest BCUT2D eigenvalue weighted by Crippen LogP contribution is 2.32. The average Bonchev–Trinajstić information content (AvgIpc) is 3.41. The Labute approximate surface area is 200 Å². The molecule has 2 heterocycles. The van der Waals surface area contributed by atoms with Crippen molar-refractivity contribution in [3.8, 4) is 5.75 Å². The molecule has 0 bridgehead atoms. The summed E-state index contributed by atoms with van der Waals surface area (Å²) in [5.74, 6) is 0.667. The Bertz CT molecular complexity index is 942. The summed E-state index contributed by atoms with van der Waals surface area (Å²) in [6.45, 7) is 1.40. The van der Waals surface area contributed by atoms with Crippen LogP contribution in [0.1, 0.15) is 73.7 Å². The molecule has 3 amide bonds. The molecule has 2 aliphatic heterocycles. The van der Waals surface area contributed by atoms with Crippen LogP contribution < -0.4 is 15.4 Å². The lowest BCUT2D eigenvalue weighted by Gasteiger charge is -2.30. The van der Waals surface area contributed by atoms with E-state index in [-0.39, 0.29) is 30.2 Å². The number of fused-ring (bicyclic) bond motifs is 1. The zero-order valence-electron chi connectivity index (χ0n) is 19.9. The number of piperidine rings is 1. The lowest BCUT2D eigenvalue weighted by molar-refractivity contribution is -0.136. The van der Waals surface area contributed by atoms with Gasteiger partial charge in [-0.1, -0.05) is 0 Å². The van der Waals surface area contributed by atoms with E-state index in [1.165, 1.54) is 12.8 Å². The van der Waals surface area contributed by atoms with Crippen molar-refractivity contribution in [3.05, 3.63) is 29.3 Å². The molecule has 1 unspecified atom stereocenters. The van der Waals surface area contributed by atoms with E-state index >= 15 is 0 Å². The molecule has 8 nitrogen and oxygen atoms in total. The first-order valence-electron chi connectivity index (χ1n) is 12.7. The molecule has 0 radical (unpaired) electrons. The third-order valence-electron chi connectivity index (χ3n) is 8.03. The molecule has 1 saturated heterocycles. The Morgan fingerprint density at radius 2 is 1.88 bits per heavy atom. The van der Waals surface area contributed by atoms with Crippen molar-refractivity contribution in [1.82, 2.24) is 15.5 Å². The van der Waals surface area contributed by atoms with E-state index in [1.807, 2.05) is 25.3 Å². The summed E-state index contributed by atoms with van der Waals surface area (Å²) in [5, 5.41) is 6.12. The molecule has 4 aliphatic rings. The molecule has 1 aromatic rings. The van der Waals surface area contributed by atoms with Gasteiger partial charge in [-0.2, -0.15) is 0 Å². The Morgan fingerprint density at radius 1 is 1.06 bits per heavy atom. The second-order valence-electron chi connectivity index (χ2n) is 10.2. The standard InChI is InChI=1S/C26H35N3O5/c1-33-18-7-5-16(6-8-18)14-27-21-3-2-4-23(21)34-19-9-10-20-17(13-19)15-29(26(20)32)22-11-12-24(30)28-25(22)31/h9-10,13,16,18,21-23,27H,2-8,11-12,14-15H2,1H3,(H,28,30,31)/t16-,18+,21-,22?,23+/m1/s1. The van der Waals surface area contributed by atoms with Crippen LogP contribution >= 0.6 is 0 Å². The maximum Gasteiger partial charge on any atom is 0.255 e. The van der Waals surface area contributed by atoms with Gasteiger partial charge >= 0.3 is 0 Å². The van der Waals surface area contributed by atoms with Gasteiger partial charge < -0.3 is 19.7 Å². The van der Waals surface area contributed by atoms with E-state index in [9.17, 15) is 14.4 Å². The molecule has 0 spiro atoms. The molecule has 1 aromatic carbocycles. The number of ether oxygens (including phenoxy) is 2. The van der Waals surface area contributed by atoms with Crippen LogP contribution in [0.4, 0.5) is 0 Å². The first-order valence-corrected chi connectivity index (χ1v) is 12.7. The van der Waals surface area contributed by atoms with E-state index in [2.05, 4.69) is 10.6 Å². The molecule has 0 aromatic heterocycles. The number of hydrogen-bond donors (Lipinski definition) is 2. The second-order valence-corrected chi connectivity index (χ2v) is 10.2. The predicted octanol–water partition coefficient (Wildman–Crippen LogP) is 2.54. The SMILES string of the molecule is CO[C@H]1CC[C@@H](CN[C@@H]2CCC[C@@H]2Oc2ccc3c(c2)CN(C2CCC(=O)NC2=O)C3=O)CC1. The molecule has 8 heteroatoms. The highest BCUT2D eigenvalue weighted by atomic mass is 16.5. The molecule has 34 heavy (non-hydrogen) atoms. The van der Waals surface area contributed by atoms with Crippen molar-refractivity contribution < 1.29 is 23.9 Å². The largest absolute Gasteiger partial charge is 0.489 e. The van der Waals surface area contributed by atoms with Gasteiger partial charge in [-0.3, -0.25) is 19.7 Å². The van der Waals surface area contributed by atoms with Crippen LogP contribution in [0.15, 0.2) is 18.2 Å². The number of nitrogens with one attached hydrogen (secondary N) is 2. The number of carbonyl (C=O) groups excluding carboxylic acids is 3. The Morgan fingerprint density at radius 3 is 2.65 bits per heavy atom. The molecule has 2 N–H and O–H groups in total. The van der Waals surface area contributed by atoms with E-state index in [0.29, 0.717) is 36.6 Å². The summed E-state index contributed by atoms with van der Waals surface area (Å²) in [4.78, 5) is 38.2. The number of rotatable bonds is 7. The van der Waals surface area contributed by atoms with Crippen molar-refractivity contribution in [2.24, 2.45) is 5.92 Å². The monoisotopic (exact) mass is 469 g/mol. The van der Waals surface area contributed by atoms with Gasteiger partial charge in [0.25, 0.3) is 5.91 Å². The summed E-state index contributed by atoms with van der Waals surface area (Å²) in [5.41, 5.74) is 1.49. The van der Waals surface area contributed by atoms with Gasteiger partial charge in [0.1, 0.15) is 17.9 Å². The summed E-state index contributed by atoms with van der Waals surface area (Å²) in [6, 6.07) is 5.37. The van der Waals surface area contributed by atoms with Crippen molar-refractivity contribution in [2.75, 3.05) is 13.7 Å². The van der Waals surface area contributed by atoms with Gasteiger partial charge in [0.2, 0.25) is 11.8 Å². The minimum atomic E-state index is -0.593. The van der Waals surface area contributed by atoms with Gasteiger partial charge in [0.15, 0.2) is 0 Å². The number of benzene rings is 1. The van der Waals surface area contributed by atoms with Gasteiger partial charge in [0.05, 0.1) is 6.10 Å². The predicted molar refractivity (Wildman–Crippen MR) is 125 cm³/mol. The average molecular weight is 470 g/mol. The smallest absolute Gasteiger partial charge is 0.255 e. The van der Waals surface area contributed by atoms with Crippen LogP contribution in [0.2, 0.25) is 0 Å². The third kappa shape index (κ3) is 4.84. The zero-order valence-corrected chi connectivity index (χ0v) is 19.9. The number of amides is 3. The van der Waals surface area contributed by atoms with Gasteiger partial charge in [-0.05, 0) is 87.6 Å². The lowest BCUT2D eigenvalue weighted by Crippen LogP contribution is -2.52. The number of carbonyl (C=O) groups is 3. The first-order chi connectivity index (χ1) is 16.5. The highest BCUT2D eigenvalue weighted by Gasteiger charge is 2.39. The molecular formula is C26H35N3O5. The Balaban J connectivity index is 1.17. The van der Waals surface area contributed by atoms with E-state index in [4.69, 9.17) is 9.47 Å². The summed E-state index contributed by atoms with van der Waals surface area (Å²) in [6.07, 6.45) is 9.19. The minimum Gasteiger partial charge on any atom is -0.489 e. The molecule has 184 valence electrons. The fourth-order valence-electron chi connectivity index (χ4n) is 5.99. The van der Waals surface area contributed by atoms with Crippen LogP contribution in [-0.2, 0) is 20.9 Å². The number of imide groups is 1. The minimum absolute atomic E-state index is 0.122. The van der Waals surface area contributed by atoms with Crippen LogP contribution in [0.3, 0.4) is 0 Å². The normalized spacial score (nSPS) is 31.5. The Kier molecular flexibility index (Phi) is 6.88. The van der Waals surface area contributed by atoms with Gasteiger partial charge in [-0.25, -0.2) is 0 Å². The van der Waals surface area contributed by atoms with Crippen LogP contribution in [0.5, 0.6) is 5.75 Å². The van der Waals surface area contributed by atoms with Crippen molar-refractivity contribution >= 4 is 17.7 Å². The summed E-state index contributed by atoms with van der Waals surface area (Å²) in [7, 11) is 1.81. The molecule has 2 saturated carbocycles. The topological polar surface area (TPSA) is 97.0 Å². The Hall–Kier alpha value is -2.45. The molecule has 3 atom stereocenters. The quantitative estimate of drug-likeness (QED) is 0.596. The molecular weight excluding hydrogens is 434 g/mol. The number of hydrogen-bond acceptors (Lipinski definition) is 6. The number of methoxy groups -OCH3 is 1. The zero-order chi connectivity index (χ0) is 23.7. The number of nitrogens with zero attached hydrogens (tertiary/aromatic N) is 1. The maximum absolute atomic E-state index is 12.9. The fourth-order valence-corrected chi connectivity index (χ4v) is 5.99.